The molecule has 0 amide bonds. The molecule has 1 heterocycles. The zero-order valence-electron chi connectivity index (χ0n) is 14.2. The molecule has 0 aliphatic heterocycles. The summed E-state index contributed by atoms with van der Waals surface area (Å²) < 4.78 is 13.2. The predicted molar refractivity (Wildman–Crippen MR) is 104 cm³/mol. The van der Waals surface area contributed by atoms with Crippen molar-refractivity contribution in [3.8, 4) is 11.1 Å². The summed E-state index contributed by atoms with van der Waals surface area (Å²) in [5, 5.41) is 0.882. The molecule has 4 nitrogen and oxygen atoms in total. The fourth-order valence-electron chi connectivity index (χ4n) is 2.98. The van der Waals surface area contributed by atoms with Crippen LogP contribution in [-0.2, 0) is 0 Å². The molecule has 1 aromatic heterocycles. The molecule has 0 saturated heterocycles. The highest BCUT2D eigenvalue weighted by atomic mass is 19.1. The maximum atomic E-state index is 13.2. The number of hydrogen-bond donors (Lipinski definition) is 1. The van der Waals surface area contributed by atoms with Crippen LogP contribution in [-0.4, -0.2) is 17.0 Å². The normalized spacial score (nSPS) is 10.8. The second kappa shape index (κ2) is 6.44. The van der Waals surface area contributed by atoms with Crippen molar-refractivity contribution in [1.29, 1.82) is 0 Å². The lowest BCUT2D eigenvalue weighted by atomic mass is 10.0. The Balaban J connectivity index is 1.88. The molecule has 0 spiro atoms. The summed E-state index contributed by atoms with van der Waals surface area (Å²) in [7, 11) is 1.95. The number of nitrogens with zero attached hydrogens (tertiary/aromatic N) is 3. The average molecular weight is 344 g/mol. The third kappa shape index (κ3) is 2.95. The highest BCUT2D eigenvalue weighted by Gasteiger charge is 2.13. The number of halogens is 1. The monoisotopic (exact) mass is 344 g/mol. The van der Waals surface area contributed by atoms with Gasteiger partial charge >= 0.3 is 0 Å². The van der Waals surface area contributed by atoms with E-state index in [-0.39, 0.29) is 11.8 Å². The van der Waals surface area contributed by atoms with Crippen LogP contribution in [0.4, 0.5) is 21.8 Å². The lowest BCUT2D eigenvalue weighted by Gasteiger charge is -2.20. The zero-order chi connectivity index (χ0) is 18.1. The van der Waals surface area contributed by atoms with Gasteiger partial charge in [-0.15, -0.1) is 0 Å². The Morgan fingerprint density at radius 1 is 0.846 bits per heavy atom. The van der Waals surface area contributed by atoms with Gasteiger partial charge in [0.2, 0.25) is 5.95 Å². The molecule has 0 bridgehead atoms. The molecule has 0 radical (unpaired) electrons. The second-order valence-electron chi connectivity index (χ2n) is 6.04. The molecular formula is C21H17FN4. The van der Waals surface area contributed by atoms with Gasteiger partial charge in [-0.05, 0) is 47.5 Å². The molecule has 26 heavy (non-hydrogen) atoms. The summed E-state index contributed by atoms with van der Waals surface area (Å²) >= 11 is 0. The summed E-state index contributed by atoms with van der Waals surface area (Å²) in [6.45, 7) is 0. The largest absolute Gasteiger partial charge is 0.368 e. The first kappa shape index (κ1) is 16.0. The van der Waals surface area contributed by atoms with Gasteiger partial charge in [0.15, 0.2) is 0 Å². The Kier molecular flexibility index (Phi) is 3.97. The Labute approximate surface area is 150 Å². The fraction of sp³-hybridized carbons (Fsp3) is 0.0476. The lowest BCUT2D eigenvalue weighted by Crippen LogP contribution is -2.13. The van der Waals surface area contributed by atoms with Gasteiger partial charge in [0.25, 0.3) is 0 Å². The minimum Gasteiger partial charge on any atom is -0.368 e. The topological polar surface area (TPSA) is 55.0 Å². The first-order valence-electron chi connectivity index (χ1n) is 8.24. The molecule has 0 aliphatic carbocycles. The van der Waals surface area contributed by atoms with Gasteiger partial charge in [0.05, 0.1) is 5.52 Å². The van der Waals surface area contributed by atoms with Crippen molar-refractivity contribution in [2.75, 3.05) is 17.7 Å². The highest BCUT2D eigenvalue weighted by Crippen LogP contribution is 2.32. The summed E-state index contributed by atoms with van der Waals surface area (Å²) in [6.07, 6.45) is 0. The minimum absolute atomic E-state index is 0.227. The van der Waals surface area contributed by atoms with Crippen LogP contribution in [0.2, 0.25) is 0 Å². The number of para-hydroxylation sites is 1. The summed E-state index contributed by atoms with van der Waals surface area (Å²) in [5.74, 6) is 0.697. The standard InChI is InChI=1S/C21H17FN4/c1-26(17-5-3-2-4-6-17)20-18-13-15(14-7-10-16(22)11-8-14)9-12-19(18)24-21(23)25-20/h2-13H,1H3,(H2,23,24,25). The van der Waals surface area contributed by atoms with Crippen LogP contribution in [0.3, 0.4) is 0 Å². The van der Waals surface area contributed by atoms with Gasteiger partial charge in [0, 0.05) is 18.1 Å². The smallest absolute Gasteiger partial charge is 0.222 e. The third-order valence-corrected chi connectivity index (χ3v) is 4.33. The molecule has 5 heteroatoms. The first-order valence-corrected chi connectivity index (χ1v) is 8.24. The molecule has 4 aromatic rings. The molecule has 3 aromatic carbocycles. The van der Waals surface area contributed by atoms with Crippen LogP contribution in [0.5, 0.6) is 0 Å². The van der Waals surface area contributed by atoms with Crippen LogP contribution in [0, 0.1) is 5.82 Å². The van der Waals surface area contributed by atoms with Crippen molar-refractivity contribution in [3.05, 3.63) is 78.6 Å². The molecule has 0 aliphatic rings. The van der Waals surface area contributed by atoms with Gasteiger partial charge in [-0.3, -0.25) is 0 Å². The number of rotatable bonds is 3. The average Bonchev–Trinajstić information content (AvgIpc) is 2.68. The maximum absolute atomic E-state index is 13.2. The van der Waals surface area contributed by atoms with E-state index in [4.69, 9.17) is 5.73 Å². The van der Waals surface area contributed by atoms with Crippen LogP contribution in [0.1, 0.15) is 0 Å². The number of anilines is 3. The molecule has 2 N–H and O–H groups in total. The van der Waals surface area contributed by atoms with Gasteiger partial charge in [0.1, 0.15) is 11.6 Å². The molecule has 0 saturated carbocycles. The number of benzene rings is 3. The SMILES string of the molecule is CN(c1ccccc1)c1nc(N)nc2ccc(-c3ccc(F)cc3)cc12. The molecule has 128 valence electrons. The Bertz CT molecular complexity index is 1060. The summed E-state index contributed by atoms with van der Waals surface area (Å²) in [5.41, 5.74) is 9.58. The molecule has 0 fully saturated rings. The van der Waals surface area contributed by atoms with E-state index in [1.807, 2.05) is 60.5 Å². The summed E-state index contributed by atoms with van der Waals surface area (Å²) in [4.78, 5) is 10.8. The number of fused-ring (bicyclic) bond motifs is 1. The first-order chi connectivity index (χ1) is 12.6. The molecular weight excluding hydrogens is 327 g/mol. The Morgan fingerprint density at radius 2 is 1.54 bits per heavy atom. The molecule has 0 atom stereocenters. The Morgan fingerprint density at radius 3 is 2.27 bits per heavy atom. The third-order valence-electron chi connectivity index (χ3n) is 4.33. The van der Waals surface area contributed by atoms with Crippen LogP contribution < -0.4 is 10.6 Å². The van der Waals surface area contributed by atoms with Crippen LogP contribution >= 0.6 is 0 Å². The minimum atomic E-state index is -0.254. The number of hydrogen-bond acceptors (Lipinski definition) is 4. The van der Waals surface area contributed by atoms with E-state index in [9.17, 15) is 4.39 Å². The lowest BCUT2D eigenvalue weighted by molar-refractivity contribution is 0.628. The zero-order valence-corrected chi connectivity index (χ0v) is 14.2. The van der Waals surface area contributed by atoms with Crippen molar-refractivity contribution in [2.24, 2.45) is 0 Å². The van der Waals surface area contributed by atoms with E-state index < -0.39 is 0 Å². The highest BCUT2D eigenvalue weighted by molar-refractivity contribution is 5.95. The van der Waals surface area contributed by atoms with Gasteiger partial charge in [-0.25, -0.2) is 9.37 Å². The molecule has 0 unspecified atom stereocenters. The second-order valence-corrected chi connectivity index (χ2v) is 6.04. The van der Waals surface area contributed by atoms with E-state index in [1.54, 1.807) is 12.1 Å². The van der Waals surface area contributed by atoms with Crippen molar-refractivity contribution in [1.82, 2.24) is 9.97 Å². The van der Waals surface area contributed by atoms with Crippen LogP contribution in [0.15, 0.2) is 72.8 Å². The number of nitrogen functional groups attached to an aromatic ring is 1. The van der Waals surface area contributed by atoms with Crippen molar-refractivity contribution in [3.63, 3.8) is 0 Å². The number of aromatic nitrogens is 2. The number of nitrogens with two attached hydrogens (primary N) is 1. The van der Waals surface area contributed by atoms with Crippen molar-refractivity contribution in [2.45, 2.75) is 0 Å². The fourth-order valence-corrected chi connectivity index (χ4v) is 2.98. The van der Waals surface area contributed by atoms with Crippen molar-refractivity contribution >= 4 is 28.4 Å². The summed E-state index contributed by atoms with van der Waals surface area (Å²) in [6, 6.07) is 22.2. The quantitative estimate of drug-likeness (QED) is 0.581. The maximum Gasteiger partial charge on any atom is 0.222 e. The van der Waals surface area contributed by atoms with Gasteiger partial charge < -0.3 is 10.6 Å². The van der Waals surface area contributed by atoms with Crippen LogP contribution in [0.25, 0.3) is 22.0 Å². The van der Waals surface area contributed by atoms with E-state index in [0.29, 0.717) is 0 Å². The van der Waals surface area contributed by atoms with E-state index in [2.05, 4.69) is 9.97 Å². The van der Waals surface area contributed by atoms with Gasteiger partial charge in [-0.2, -0.15) is 4.98 Å². The van der Waals surface area contributed by atoms with Crippen molar-refractivity contribution < 1.29 is 4.39 Å². The Hall–Kier alpha value is -3.47. The van der Waals surface area contributed by atoms with E-state index >= 15 is 0 Å². The predicted octanol–water partition coefficient (Wildman–Crippen LogP) is 4.79. The molecule has 4 rings (SSSR count). The van der Waals surface area contributed by atoms with E-state index in [0.717, 1.165) is 33.5 Å². The van der Waals surface area contributed by atoms with E-state index in [1.165, 1.54) is 12.1 Å². The van der Waals surface area contributed by atoms with Gasteiger partial charge in [-0.1, -0.05) is 36.4 Å².